The second kappa shape index (κ2) is 9.66. The summed E-state index contributed by atoms with van der Waals surface area (Å²) < 4.78 is 22.3. The van der Waals surface area contributed by atoms with Crippen LogP contribution in [0.25, 0.3) is 11.3 Å². The number of carbonyl (C=O) groups excluding carboxylic acids is 1. The number of benzene rings is 2. The fourth-order valence-corrected chi connectivity index (χ4v) is 2.96. The zero-order valence-corrected chi connectivity index (χ0v) is 17.7. The number of hydrogen-bond acceptors (Lipinski definition) is 7. The number of carbonyl (C=O) groups is 1. The standard InChI is InChI=1S/C22H23N3O6/c1-28-16-7-5-15(6-8-16)23-20(26)13-25-21(27)10-9-17(24-25)14-11-18(29-2)22(31-4)19(12-14)30-3/h5-12H,13H2,1-4H3,(H,23,26). The Morgan fingerprint density at radius 1 is 0.903 bits per heavy atom. The minimum atomic E-state index is -0.402. The van der Waals surface area contributed by atoms with Crippen molar-refractivity contribution in [1.29, 1.82) is 0 Å². The molecule has 162 valence electrons. The highest BCUT2D eigenvalue weighted by molar-refractivity contribution is 5.90. The van der Waals surface area contributed by atoms with Gasteiger partial charge in [0.1, 0.15) is 12.3 Å². The molecule has 0 atom stereocenters. The van der Waals surface area contributed by atoms with Crippen LogP contribution in [-0.2, 0) is 11.3 Å². The third kappa shape index (κ3) is 4.95. The summed E-state index contributed by atoms with van der Waals surface area (Å²) in [5.41, 5.74) is 1.29. The second-order valence-electron chi connectivity index (χ2n) is 6.41. The number of amides is 1. The van der Waals surface area contributed by atoms with E-state index in [0.717, 1.165) is 4.68 Å². The fraction of sp³-hybridized carbons (Fsp3) is 0.227. The van der Waals surface area contributed by atoms with Gasteiger partial charge in [0.2, 0.25) is 11.7 Å². The molecule has 0 unspecified atom stereocenters. The predicted octanol–water partition coefficient (Wildman–Crippen LogP) is 2.58. The summed E-state index contributed by atoms with van der Waals surface area (Å²) in [5.74, 6) is 1.64. The Morgan fingerprint density at radius 3 is 2.10 bits per heavy atom. The number of nitrogens with one attached hydrogen (secondary N) is 1. The first-order chi connectivity index (χ1) is 15.0. The number of methoxy groups -OCH3 is 4. The van der Waals surface area contributed by atoms with Crippen molar-refractivity contribution >= 4 is 11.6 Å². The van der Waals surface area contributed by atoms with Gasteiger partial charge in [-0.2, -0.15) is 5.10 Å². The predicted molar refractivity (Wildman–Crippen MR) is 115 cm³/mol. The van der Waals surface area contributed by atoms with Gasteiger partial charge < -0.3 is 24.3 Å². The smallest absolute Gasteiger partial charge is 0.267 e. The molecule has 0 fully saturated rings. The van der Waals surface area contributed by atoms with E-state index in [1.807, 2.05) is 0 Å². The van der Waals surface area contributed by atoms with Crippen molar-refractivity contribution in [3.63, 3.8) is 0 Å². The number of ether oxygens (including phenoxy) is 4. The van der Waals surface area contributed by atoms with Crippen molar-refractivity contribution in [2.24, 2.45) is 0 Å². The van der Waals surface area contributed by atoms with E-state index in [0.29, 0.717) is 39.9 Å². The van der Waals surface area contributed by atoms with Gasteiger partial charge in [0.15, 0.2) is 11.5 Å². The van der Waals surface area contributed by atoms with Crippen LogP contribution in [0.15, 0.2) is 53.3 Å². The topological polar surface area (TPSA) is 101 Å². The number of rotatable bonds is 8. The molecule has 3 rings (SSSR count). The number of hydrogen-bond donors (Lipinski definition) is 1. The second-order valence-corrected chi connectivity index (χ2v) is 6.41. The lowest BCUT2D eigenvalue weighted by Gasteiger charge is -2.14. The van der Waals surface area contributed by atoms with Gasteiger partial charge >= 0.3 is 0 Å². The van der Waals surface area contributed by atoms with E-state index in [1.165, 1.54) is 27.4 Å². The summed E-state index contributed by atoms with van der Waals surface area (Å²) in [6.45, 7) is -0.247. The summed E-state index contributed by atoms with van der Waals surface area (Å²) in [6.07, 6.45) is 0. The van der Waals surface area contributed by atoms with Crippen LogP contribution < -0.4 is 29.8 Å². The molecule has 31 heavy (non-hydrogen) atoms. The van der Waals surface area contributed by atoms with Crippen molar-refractivity contribution in [3.05, 3.63) is 58.9 Å². The zero-order chi connectivity index (χ0) is 22.4. The van der Waals surface area contributed by atoms with Gasteiger partial charge in [0, 0.05) is 17.3 Å². The lowest BCUT2D eigenvalue weighted by Crippen LogP contribution is -2.29. The molecule has 0 saturated heterocycles. The van der Waals surface area contributed by atoms with Crippen LogP contribution in [0.4, 0.5) is 5.69 Å². The summed E-state index contributed by atoms with van der Waals surface area (Å²) in [5, 5.41) is 7.06. The Hall–Kier alpha value is -4.01. The molecular formula is C22H23N3O6. The van der Waals surface area contributed by atoms with E-state index >= 15 is 0 Å². The quantitative estimate of drug-likeness (QED) is 0.592. The van der Waals surface area contributed by atoms with Crippen LogP contribution in [0.2, 0.25) is 0 Å². The molecule has 0 aliphatic carbocycles. The van der Waals surface area contributed by atoms with Crippen LogP contribution in [-0.4, -0.2) is 44.1 Å². The van der Waals surface area contributed by atoms with Crippen LogP contribution in [0, 0.1) is 0 Å². The molecule has 1 N–H and O–H groups in total. The Labute approximate surface area is 179 Å². The first-order valence-corrected chi connectivity index (χ1v) is 9.31. The maximum Gasteiger partial charge on any atom is 0.267 e. The van der Waals surface area contributed by atoms with E-state index < -0.39 is 5.56 Å². The van der Waals surface area contributed by atoms with Crippen molar-refractivity contribution in [3.8, 4) is 34.3 Å². The lowest BCUT2D eigenvalue weighted by molar-refractivity contribution is -0.117. The SMILES string of the molecule is COc1ccc(NC(=O)Cn2nc(-c3cc(OC)c(OC)c(OC)c3)ccc2=O)cc1. The average Bonchev–Trinajstić information content (AvgIpc) is 2.79. The van der Waals surface area contributed by atoms with Crippen molar-refractivity contribution in [1.82, 2.24) is 9.78 Å². The molecule has 2 aromatic carbocycles. The highest BCUT2D eigenvalue weighted by Gasteiger charge is 2.16. The molecule has 0 saturated carbocycles. The molecular weight excluding hydrogens is 402 g/mol. The van der Waals surface area contributed by atoms with E-state index in [4.69, 9.17) is 18.9 Å². The summed E-state index contributed by atoms with van der Waals surface area (Å²) in [4.78, 5) is 24.7. The van der Waals surface area contributed by atoms with Crippen molar-refractivity contribution in [2.75, 3.05) is 33.8 Å². The monoisotopic (exact) mass is 425 g/mol. The third-order valence-electron chi connectivity index (χ3n) is 4.49. The minimum absolute atomic E-state index is 0.247. The van der Waals surface area contributed by atoms with E-state index in [9.17, 15) is 9.59 Å². The van der Waals surface area contributed by atoms with Gasteiger partial charge in [-0.25, -0.2) is 4.68 Å². The van der Waals surface area contributed by atoms with E-state index in [2.05, 4.69) is 10.4 Å². The van der Waals surface area contributed by atoms with Crippen LogP contribution in [0.5, 0.6) is 23.0 Å². The van der Waals surface area contributed by atoms with Gasteiger partial charge in [0.05, 0.1) is 34.1 Å². The first-order valence-electron chi connectivity index (χ1n) is 9.31. The van der Waals surface area contributed by atoms with Gasteiger partial charge in [-0.15, -0.1) is 0 Å². The third-order valence-corrected chi connectivity index (χ3v) is 4.49. The lowest BCUT2D eigenvalue weighted by atomic mass is 10.1. The summed E-state index contributed by atoms with van der Waals surface area (Å²) in [7, 11) is 6.10. The molecule has 0 bridgehead atoms. The molecule has 0 radical (unpaired) electrons. The molecule has 0 aliphatic rings. The molecule has 0 spiro atoms. The highest BCUT2D eigenvalue weighted by Crippen LogP contribution is 2.40. The first kappa shape index (κ1) is 21.7. The van der Waals surface area contributed by atoms with Gasteiger partial charge in [-0.1, -0.05) is 0 Å². The van der Waals surface area contributed by atoms with E-state index in [-0.39, 0.29) is 12.5 Å². The molecule has 0 aliphatic heterocycles. The number of nitrogens with zero attached hydrogens (tertiary/aromatic N) is 2. The van der Waals surface area contributed by atoms with Crippen molar-refractivity contribution in [2.45, 2.75) is 6.54 Å². The maximum absolute atomic E-state index is 12.4. The van der Waals surface area contributed by atoms with Gasteiger partial charge in [-0.05, 0) is 42.5 Å². The molecule has 9 nitrogen and oxygen atoms in total. The van der Waals surface area contributed by atoms with Crippen LogP contribution in [0.1, 0.15) is 0 Å². The Morgan fingerprint density at radius 2 is 1.55 bits per heavy atom. The Bertz CT molecular complexity index is 1100. The van der Waals surface area contributed by atoms with Crippen LogP contribution in [0.3, 0.4) is 0 Å². The molecule has 1 aromatic heterocycles. The molecule has 9 heteroatoms. The van der Waals surface area contributed by atoms with Crippen molar-refractivity contribution < 1.29 is 23.7 Å². The van der Waals surface area contributed by atoms with Crippen LogP contribution >= 0.6 is 0 Å². The minimum Gasteiger partial charge on any atom is -0.497 e. The normalized spacial score (nSPS) is 10.3. The molecule has 3 aromatic rings. The van der Waals surface area contributed by atoms with E-state index in [1.54, 1.807) is 49.6 Å². The maximum atomic E-state index is 12.4. The average molecular weight is 425 g/mol. The summed E-state index contributed by atoms with van der Waals surface area (Å²) in [6, 6.07) is 13.2. The summed E-state index contributed by atoms with van der Waals surface area (Å²) >= 11 is 0. The number of aromatic nitrogens is 2. The van der Waals surface area contributed by atoms with Gasteiger partial charge in [-0.3, -0.25) is 9.59 Å². The molecule has 1 amide bonds. The molecule has 1 heterocycles. The Balaban J connectivity index is 1.86. The zero-order valence-electron chi connectivity index (χ0n) is 17.7. The van der Waals surface area contributed by atoms with Gasteiger partial charge in [0.25, 0.3) is 5.56 Å². The highest BCUT2D eigenvalue weighted by atomic mass is 16.5. The Kier molecular flexibility index (Phi) is 6.76. The number of anilines is 1. The largest absolute Gasteiger partial charge is 0.497 e. The fourth-order valence-electron chi connectivity index (χ4n) is 2.96.